The molecule has 0 bridgehead atoms. The summed E-state index contributed by atoms with van der Waals surface area (Å²) in [6, 6.07) is 0.738. The number of amidine groups is 1. The topological polar surface area (TPSA) is 67.7 Å². The van der Waals surface area contributed by atoms with Gasteiger partial charge in [-0.1, -0.05) is 0 Å². The Morgan fingerprint density at radius 1 is 1.62 bits per heavy atom. The van der Waals surface area contributed by atoms with Crippen LogP contribution in [0.1, 0.15) is 11.4 Å². The molecule has 0 amide bonds. The van der Waals surface area contributed by atoms with Crippen LogP contribution in [0.5, 0.6) is 0 Å². The Kier molecular flexibility index (Phi) is 2.02. The van der Waals surface area contributed by atoms with Gasteiger partial charge < -0.3 is 5.73 Å². The van der Waals surface area contributed by atoms with Crippen LogP contribution in [0.15, 0.2) is 6.07 Å². The number of alkyl halides is 3. The number of nitrogen functional groups attached to an aromatic ring is 1. The van der Waals surface area contributed by atoms with E-state index < -0.39 is 17.7 Å². The summed E-state index contributed by atoms with van der Waals surface area (Å²) in [6.07, 6.45) is -4.49. The predicted molar refractivity (Wildman–Crippen MR) is 39.2 cm³/mol. The number of halogens is 3. The molecule has 0 spiro atoms. The van der Waals surface area contributed by atoms with Crippen LogP contribution < -0.4 is 5.73 Å². The van der Waals surface area contributed by atoms with E-state index in [1.165, 1.54) is 7.05 Å². The molecule has 0 fully saturated rings. The Balaban J connectivity index is 3.17. The van der Waals surface area contributed by atoms with Gasteiger partial charge in [0.1, 0.15) is 11.5 Å². The summed E-state index contributed by atoms with van der Waals surface area (Å²) >= 11 is 0. The van der Waals surface area contributed by atoms with E-state index in [1.807, 2.05) is 0 Å². The van der Waals surface area contributed by atoms with Crippen molar-refractivity contribution in [3.8, 4) is 0 Å². The fourth-order valence-electron chi connectivity index (χ4n) is 0.858. The van der Waals surface area contributed by atoms with Gasteiger partial charge in [-0.3, -0.25) is 10.1 Å². The standard InChI is InChI=1S/C6H7F3N4/c1-13-3(5(10)11)2-4(12-13)6(7,8)9/h2H,1H3,(H3,10,11). The normalized spacial score (nSPS) is 11.7. The fraction of sp³-hybridized carbons (Fsp3) is 0.333. The molecule has 0 aromatic carbocycles. The summed E-state index contributed by atoms with van der Waals surface area (Å²) in [5, 5.41) is 10.1. The van der Waals surface area contributed by atoms with Crippen molar-refractivity contribution >= 4 is 5.84 Å². The second kappa shape index (κ2) is 2.75. The van der Waals surface area contributed by atoms with Gasteiger partial charge in [-0.25, -0.2) is 0 Å². The summed E-state index contributed by atoms with van der Waals surface area (Å²) in [7, 11) is 1.30. The van der Waals surface area contributed by atoms with Crippen LogP contribution in [-0.4, -0.2) is 15.6 Å². The average molecular weight is 192 g/mol. The number of nitrogens with zero attached hydrogens (tertiary/aromatic N) is 2. The molecular formula is C6H7F3N4. The van der Waals surface area contributed by atoms with Gasteiger partial charge in [0.25, 0.3) is 0 Å². The third-order valence-corrected chi connectivity index (χ3v) is 1.45. The molecule has 0 saturated heterocycles. The fourth-order valence-corrected chi connectivity index (χ4v) is 0.858. The van der Waals surface area contributed by atoms with Crippen molar-refractivity contribution in [2.24, 2.45) is 12.8 Å². The zero-order valence-corrected chi connectivity index (χ0v) is 6.68. The molecule has 0 aliphatic rings. The van der Waals surface area contributed by atoms with E-state index in [9.17, 15) is 13.2 Å². The van der Waals surface area contributed by atoms with Crippen molar-refractivity contribution in [3.63, 3.8) is 0 Å². The Morgan fingerprint density at radius 3 is 2.38 bits per heavy atom. The molecule has 7 heteroatoms. The number of hydrogen-bond acceptors (Lipinski definition) is 2. The molecule has 13 heavy (non-hydrogen) atoms. The first-order valence-electron chi connectivity index (χ1n) is 3.28. The highest BCUT2D eigenvalue weighted by Crippen LogP contribution is 2.28. The molecule has 0 radical (unpaired) electrons. The average Bonchev–Trinajstić information content (AvgIpc) is 2.29. The lowest BCUT2D eigenvalue weighted by Crippen LogP contribution is -2.15. The summed E-state index contributed by atoms with van der Waals surface area (Å²) in [5.74, 6) is -0.439. The van der Waals surface area contributed by atoms with E-state index >= 15 is 0 Å². The maximum Gasteiger partial charge on any atom is 0.435 e. The molecule has 1 aromatic rings. The first-order valence-corrected chi connectivity index (χ1v) is 3.28. The minimum Gasteiger partial charge on any atom is -0.382 e. The van der Waals surface area contributed by atoms with Crippen molar-refractivity contribution in [1.82, 2.24) is 9.78 Å². The largest absolute Gasteiger partial charge is 0.435 e. The molecule has 0 unspecified atom stereocenters. The summed E-state index contributed by atoms with van der Waals surface area (Å²) in [6.45, 7) is 0. The Morgan fingerprint density at radius 2 is 2.15 bits per heavy atom. The summed E-state index contributed by atoms with van der Waals surface area (Å²) < 4.78 is 37.1. The van der Waals surface area contributed by atoms with E-state index in [0.717, 1.165) is 10.7 Å². The van der Waals surface area contributed by atoms with Crippen LogP contribution in [0.25, 0.3) is 0 Å². The first kappa shape index (κ1) is 9.56. The van der Waals surface area contributed by atoms with E-state index in [1.54, 1.807) is 0 Å². The van der Waals surface area contributed by atoms with Gasteiger partial charge in [-0.15, -0.1) is 0 Å². The predicted octanol–water partition coefficient (Wildman–Crippen LogP) is 0.723. The van der Waals surface area contributed by atoms with Gasteiger partial charge in [0.2, 0.25) is 0 Å². The molecule has 0 saturated carbocycles. The van der Waals surface area contributed by atoms with Gasteiger partial charge in [0, 0.05) is 7.05 Å². The molecule has 3 N–H and O–H groups in total. The van der Waals surface area contributed by atoms with Gasteiger partial charge in [-0.2, -0.15) is 18.3 Å². The maximum absolute atomic E-state index is 12.1. The van der Waals surface area contributed by atoms with Gasteiger partial charge in [0.05, 0.1) is 0 Å². The minimum absolute atomic E-state index is 0.0488. The lowest BCUT2D eigenvalue weighted by atomic mass is 10.3. The van der Waals surface area contributed by atoms with Gasteiger partial charge in [-0.05, 0) is 6.07 Å². The van der Waals surface area contributed by atoms with Crippen LogP contribution in [-0.2, 0) is 13.2 Å². The smallest absolute Gasteiger partial charge is 0.382 e. The molecular weight excluding hydrogens is 185 g/mol. The zero-order chi connectivity index (χ0) is 10.2. The molecule has 0 aliphatic heterocycles. The number of hydrogen-bond donors (Lipinski definition) is 2. The van der Waals surface area contributed by atoms with Crippen LogP contribution in [0, 0.1) is 5.41 Å². The second-order valence-electron chi connectivity index (χ2n) is 2.45. The molecule has 1 aromatic heterocycles. The Hall–Kier alpha value is -1.53. The third kappa shape index (κ3) is 1.79. The third-order valence-electron chi connectivity index (χ3n) is 1.45. The van der Waals surface area contributed by atoms with Crippen molar-refractivity contribution in [2.45, 2.75) is 6.18 Å². The maximum atomic E-state index is 12.1. The van der Waals surface area contributed by atoms with E-state index in [0.29, 0.717) is 0 Å². The Labute approximate surface area is 71.7 Å². The SMILES string of the molecule is Cn1nc(C(F)(F)F)cc1C(=N)N. The van der Waals surface area contributed by atoms with Crippen LogP contribution in [0.4, 0.5) is 13.2 Å². The number of nitrogens with one attached hydrogen (secondary N) is 1. The molecule has 4 nitrogen and oxygen atoms in total. The molecule has 1 heterocycles. The van der Waals surface area contributed by atoms with Crippen molar-refractivity contribution in [3.05, 3.63) is 17.5 Å². The lowest BCUT2D eigenvalue weighted by Gasteiger charge is -1.98. The minimum atomic E-state index is -4.49. The number of aryl methyl sites for hydroxylation is 1. The highest BCUT2D eigenvalue weighted by atomic mass is 19.4. The van der Waals surface area contributed by atoms with E-state index in [4.69, 9.17) is 11.1 Å². The molecule has 1 rings (SSSR count). The molecule has 72 valence electrons. The number of nitrogens with two attached hydrogens (primary N) is 1. The number of aromatic nitrogens is 2. The second-order valence-corrected chi connectivity index (χ2v) is 2.45. The lowest BCUT2D eigenvalue weighted by molar-refractivity contribution is -0.141. The quantitative estimate of drug-likeness (QED) is 0.508. The zero-order valence-electron chi connectivity index (χ0n) is 6.68. The highest BCUT2D eigenvalue weighted by molar-refractivity contribution is 5.93. The van der Waals surface area contributed by atoms with Gasteiger partial charge in [0.15, 0.2) is 5.69 Å². The van der Waals surface area contributed by atoms with Crippen LogP contribution in [0.3, 0.4) is 0 Å². The van der Waals surface area contributed by atoms with Gasteiger partial charge >= 0.3 is 6.18 Å². The first-order chi connectivity index (χ1) is 5.82. The van der Waals surface area contributed by atoms with E-state index in [-0.39, 0.29) is 5.69 Å². The van der Waals surface area contributed by atoms with Crippen LogP contribution >= 0.6 is 0 Å². The van der Waals surface area contributed by atoms with Crippen molar-refractivity contribution < 1.29 is 13.2 Å². The van der Waals surface area contributed by atoms with Crippen molar-refractivity contribution in [2.75, 3.05) is 0 Å². The van der Waals surface area contributed by atoms with Crippen LogP contribution in [0.2, 0.25) is 0 Å². The highest BCUT2D eigenvalue weighted by Gasteiger charge is 2.34. The summed E-state index contributed by atoms with van der Waals surface area (Å²) in [4.78, 5) is 0. The Bertz CT molecular complexity index is 338. The number of rotatable bonds is 1. The molecule has 0 atom stereocenters. The molecule has 0 aliphatic carbocycles. The van der Waals surface area contributed by atoms with E-state index in [2.05, 4.69) is 5.10 Å². The monoisotopic (exact) mass is 192 g/mol. The van der Waals surface area contributed by atoms with Crippen molar-refractivity contribution in [1.29, 1.82) is 5.41 Å². The summed E-state index contributed by atoms with van der Waals surface area (Å²) in [5.41, 5.74) is 3.94.